The fraction of sp³-hybridized carbons (Fsp3) is 1.00. The molecular weight excluding hydrogens is 263 g/mol. The van der Waals surface area contributed by atoms with Gasteiger partial charge in [-0.2, -0.15) is 0 Å². The highest BCUT2D eigenvalue weighted by Crippen LogP contribution is 2.41. The first-order valence-corrected chi connectivity index (χ1v) is 9.47. The molecule has 0 saturated carbocycles. The molecule has 0 spiro atoms. The molecule has 0 aromatic carbocycles. The van der Waals surface area contributed by atoms with Crippen LogP contribution in [0.5, 0.6) is 0 Å². The number of unbranched alkanes of at least 4 members (excludes halogenated alkanes) is 6. The van der Waals surface area contributed by atoms with Gasteiger partial charge in [0.2, 0.25) is 0 Å². The molecule has 2 unspecified atom stereocenters. The molecule has 6 radical (unpaired) electrons. The van der Waals surface area contributed by atoms with Crippen molar-refractivity contribution in [1.82, 2.24) is 4.90 Å². The van der Waals surface area contributed by atoms with Gasteiger partial charge < -0.3 is 4.90 Å². The molecule has 1 nitrogen and oxygen atoms in total. The van der Waals surface area contributed by atoms with Crippen molar-refractivity contribution in [1.29, 1.82) is 0 Å². The lowest BCUT2D eigenvalue weighted by atomic mass is 9.57. The van der Waals surface area contributed by atoms with E-state index in [1.807, 2.05) is 0 Å². The van der Waals surface area contributed by atoms with Crippen molar-refractivity contribution in [2.45, 2.75) is 108 Å². The van der Waals surface area contributed by atoms with Gasteiger partial charge in [-0.05, 0) is 26.3 Å². The molecule has 0 bridgehead atoms. The lowest BCUT2D eigenvalue weighted by molar-refractivity contribution is 0.0795. The molecule has 120 valence electrons. The number of likely N-dealkylation sites (tertiary alicyclic amines) is 1. The van der Waals surface area contributed by atoms with Gasteiger partial charge in [0.25, 0.3) is 0 Å². The Morgan fingerprint density at radius 3 is 1.95 bits per heavy atom. The molecule has 1 heterocycles. The second-order valence-corrected chi connectivity index (χ2v) is 7.68. The maximum atomic E-state index is 6.38. The first-order chi connectivity index (χ1) is 10.4. The molecule has 1 rings (SSSR count). The molecule has 1 aliphatic rings. The first-order valence-electron chi connectivity index (χ1n) is 9.47. The van der Waals surface area contributed by atoms with E-state index in [-0.39, 0.29) is 11.4 Å². The largest absolute Gasteiger partial charge is 0.310 e. The summed E-state index contributed by atoms with van der Waals surface area (Å²) in [5, 5.41) is -0.732. The van der Waals surface area contributed by atoms with Crippen LogP contribution in [0, 0.1) is 0 Å². The van der Waals surface area contributed by atoms with Crippen molar-refractivity contribution in [2.24, 2.45) is 0 Å². The van der Waals surface area contributed by atoms with Gasteiger partial charge in [0.1, 0.15) is 0 Å². The summed E-state index contributed by atoms with van der Waals surface area (Å²) < 4.78 is 0. The molecule has 0 aromatic heterocycles. The summed E-state index contributed by atoms with van der Waals surface area (Å²) in [7, 11) is 18.9. The summed E-state index contributed by atoms with van der Waals surface area (Å²) in [6.07, 6.45) is 13.4. The second-order valence-electron chi connectivity index (χ2n) is 7.68. The average molecular weight is 297 g/mol. The summed E-state index contributed by atoms with van der Waals surface area (Å²) in [5.74, 6) is 0.112. The number of rotatable bonds is 11. The van der Waals surface area contributed by atoms with Crippen LogP contribution in [0.25, 0.3) is 0 Å². The predicted molar refractivity (Wildman–Crippen MR) is 101 cm³/mol. The zero-order valence-corrected chi connectivity index (χ0v) is 15.2. The third kappa shape index (κ3) is 5.98. The van der Waals surface area contributed by atoms with Crippen molar-refractivity contribution >= 4 is 23.5 Å². The lowest BCUT2D eigenvalue weighted by Gasteiger charge is -2.48. The van der Waals surface area contributed by atoms with Crippen LogP contribution in [-0.4, -0.2) is 45.9 Å². The smallest absolute Gasteiger partial charge is 0.0824 e. The van der Waals surface area contributed by atoms with E-state index in [9.17, 15) is 0 Å². The van der Waals surface area contributed by atoms with E-state index in [1.54, 1.807) is 0 Å². The van der Waals surface area contributed by atoms with E-state index in [0.717, 1.165) is 6.54 Å². The van der Waals surface area contributed by atoms with E-state index < -0.39 is 5.34 Å². The fourth-order valence-electron chi connectivity index (χ4n) is 3.98. The van der Waals surface area contributed by atoms with E-state index >= 15 is 0 Å². The molecule has 0 aromatic rings. The quantitative estimate of drug-likeness (QED) is 0.405. The molecule has 1 fully saturated rings. The number of nitrogens with zero attached hydrogens (tertiary/aromatic N) is 1. The van der Waals surface area contributed by atoms with Gasteiger partial charge in [-0.3, -0.25) is 0 Å². The number of hydrogen-bond donors (Lipinski definition) is 0. The minimum atomic E-state index is -0.732. The predicted octanol–water partition coefficient (Wildman–Crippen LogP) is 4.34. The minimum Gasteiger partial charge on any atom is -0.310 e. The maximum absolute atomic E-state index is 6.38. The molecule has 0 amide bonds. The van der Waals surface area contributed by atoms with Crippen molar-refractivity contribution in [3.05, 3.63) is 0 Å². The summed E-state index contributed by atoms with van der Waals surface area (Å²) in [5.41, 5.74) is 0.0962. The Morgan fingerprint density at radius 2 is 1.45 bits per heavy atom. The Labute approximate surface area is 143 Å². The average Bonchev–Trinajstić information content (AvgIpc) is 2.72. The van der Waals surface area contributed by atoms with Crippen LogP contribution in [0.4, 0.5) is 0 Å². The molecule has 0 aliphatic carbocycles. The summed E-state index contributed by atoms with van der Waals surface area (Å²) in [4.78, 5) is 2.32. The Morgan fingerprint density at radius 1 is 0.955 bits per heavy atom. The van der Waals surface area contributed by atoms with Crippen LogP contribution in [-0.2, 0) is 0 Å². The van der Waals surface area contributed by atoms with Crippen molar-refractivity contribution in [3.63, 3.8) is 0 Å². The maximum Gasteiger partial charge on any atom is 0.0824 e. The van der Waals surface area contributed by atoms with Crippen LogP contribution >= 0.6 is 0 Å². The lowest BCUT2D eigenvalue weighted by Crippen LogP contribution is -2.57. The second kappa shape index (κ2) is 9.45. The van der Waals surface area contributed by atoms with Gasteiger partial charge in [0, 0.05) is 5.54 Å². The SMILES string of the molecule is [B]C1CN(C(C)(CCCCC)CCCCCCC)C([B])([B])C1. The highest BCUT2D eigenvalue weighted by molar-refractivity contribution is 6.40. The zero-order chi connectivity index (χ0) is 16.6. The Hall–Kier alpha value is 0.155. The van der Waals surface area contributed by atoms with Crippen LogP contribution in [0.15, 0.2) is 0 Å². The molecule has 1 saturated heterocycles. The Balaban J connectivity index is 2.64. The van der Waals surface area contributed by atoms with E-state index in [2.05, 4.69) is 25.7 Å². The molecule has 2 atom stereocenters. The molecule has 22 heavy (non-hydrogen) atoms. The molecule has 0 N–H and O–H groups in total. The highest BCUT2D eigenvalue weighted by Gasteiger charge is 2.44. The fourth-order valence-corrected chi connectivity index (χ4v) is 3.98. The van der Waals surface area contributed by atoms with Gasteiger partial charge in [-0.15, -0.1) is 0 Å². The monoisotopic (exact) mass is 297 g/mol. The van der Waals surface area contributed by atoms with Crippen LogP contribution in [0.2, 0.25) is 5.82 Å². The van der Waals surface area contributed by atoms with Gasteiger partial charge in [0.05, 0.1) is 23.5 Å². The van der Waals surface area contributed by atoms with Crippen molar-refractivity contribution in [2.75, 3.05) is 6.54 Å². The minimum absolute atomic E-state index is 0.0962. The summed E-state index contributed by atoms with van der Waals surface area (Å²) >= 11 is 0. The Bertz CT molecular complexity index is 309. The van der Waals surface area contributed by atoms with Crippen LogP contribution in [0.1, 0.15) is 91.4 Å². The van der Waals surface area contributed by atoms with Gasteiger partial charge in [-0.1, -0.05) is 82.8 Å². The van der Waals surface area contributed by atoms with Crippen LogP contribution in [0.3, 0.4) is 0 Å². The van der Waals surface area contributed by atoms with E-state index in [1.165, 1.54) is 64.2 Å². The first kappa shape index (κ1) is 20.2. The van der Waals surface area contributed by atoms with E-state index in [0.29, 0.717) is 6.42 Å². The van der Waals surface area contributed by atoms with Crippen molar-refractivity contribution in [3.8, 4) is 0 Å². The van der Waals surface area contributed by atoms with Crippen LogP contribution < -0.4 is 0 Å². The van der Waals surface area contributed by atoms with E-state index in [4.69, 9.17) is 23.5 Å². The number of hydrogen-bond acceptors (Lipinski definition) is 1. The molecule has 4 heteroatoms. The Kier molecular flexibility index (Phi) is 8.68. The van der Waals surface area contributed by atoms with Gasteiger partial charge in [0.15, 0.2) is 0 Å². The van der Waals surface area contributed by atoms with Gasteiger partial charge >= 0.3 is 0 Å². The zero-order valence-electron chi connectivity index (χ0n) is 15.2. The highest BCUT2D eigenvalue weighted by atomic mass is 15.3. The normalized spacial score (nSPS) is 24.4. The molecule has 1 aliphatic heterocycles. The third-order valence-corrected chi connectivity index (χ3v) is 5.30. The van der Waals surface area contributed by atoms with Crippen molar-refractivity contribution < 1.29 is 0 Å². The standard InChI is InChI=1S/C18H34B3N/c1-4-6-8-9-11-13-17(3,12-10-7-5-2)22-15-16(19)14-18(22,20)21/h16H,4-15H2,1-3H3. The summed E-state index contributed by atoms with van der Waals surface area (Å²) in [6, 6.07) is 0. The summed E-state index contributed by atoms with van der Waals surface area (Å²) in [6.45, 7) is 7.71. The van der Waals surface area contributed by atoms with Gasteiger partial charge in [-0.25, -0.2) is 0 Å². The molecular formula is C18H34B3N. The topological polar surface area (TPSA) is 3.24 Å². The third-order valence-electron chi connectivity index (χ3n) is 5.30.